The maximum atomic E-state index is 12.3. The van der Waals surface area contributed by atoms with Crippen LogP contribution in [-0.4, -0.2) is 24.3 Å². The molecular weight excluding hydrogens is 322 g/mol. The van der Waals surface area contributed by atoms with Crippen molar-refractivity contribution in [2.75, 3.05) is 11.4 Å². The van der Waals surface area contributed by atoms with Gasteiger partial charge in [0.2, 0.25) is 11.8 Å². The molecule has 1 aromatic carbocycles. The molecule has 3 amide bonds. The Morgan fingerprint density at radius 3 is 2.80 bits per heavy atom. The molecule has 130 valence electrons. The lowest BCUT2D eigenvalue weighted by Crippen LogP contribution is -2.45. The molecule has 2 N–H and O–H groups in total. The van der Waals surface area contributed by atoms with Gasteiger partial charge in [-0.3, -0.25) is 25.2 Å². The van der Waals surface area contributed by atoms with E-state index in [1.807, 2.05) is 31.2 Å². The quantitative estimate of drug-likeness (QED) is 0.827. The monoisotopic (exact) mass is 341 g/mol. The number of hydrogen-bond donors (Lipinski definition) is 2. The summed E-state index contributed by atoms with van der Waals surface area (Å²) < 4.78 is 4.94. The number of hydrazine groups is 1. The smallest absolute Gasteiger partial charge is 0.305 e. The number of rotatable bonds is 4. The summed E-state index contributed by atoms with van der Waals surface area (Å²) in [5.41, 5.74) is 6.56. The number of hydrogen-bond acceptors (Lipinski definition) is 4. The van der Waals surface area contributed by atoms with Gasteiger partial charge in [0.15, 0.2) is 5.76 Å². The Bertz CT molecular complexity index is 785. The van der Waals surface area contributed by atoms with Crippen molar-refractivity contribution in [2.24, 2.45) is 5.92 Å². The van der Waals surface area contributed by atoms with Gasteiger partial charge in [-0.25, -0.2) is 0 Å². The van der Waals surface area contributed by atoms with E-state index in [0.29, 0.717) is 0 Å². The zero-order valence-corrected chi connectivity index (χ0v) is 13.8. The highest BCUT2D eigenvalue weighted by atomic mass is 16.3. The second-order valence-electron chi connectivity index (χ2n) is 5.85. The predicted molar refractivity (Wildman–Crippen MR) is 90.6 cm³/mol. The molecule has 0 unspecified atom stereocenters. The molecule has 7 nitrogen and oxygen atoms in total. The minimum atomic E-state index is -0.546. The molecule has 7 heteroatoms. The number of carbonyl (C=O) groups is 3. The number of nitrogens with zero attached hydrogens (tertiary/aromatic N) is 1. The van der Waals surface area contributed by atoms with Crippen LogP contribution in [0.2, 0.25) is 0 Å². The largest absolute Gasteiger partial charge is 0.459 e. The molecule has 1 fully saturated rings. The first-order valence-electron chi connectivity index (χ1n) is 8.11. The molecule has 0 saturated carbocycles. The number of carbonyl (C=O) groups excluding carboxylic acids is 3. The maximum Gasteiger partial charge on any atom is 0.305 e. The second-order valence-corrected chi connectivity index (χ2v) is 5.85. The van der Waals surface area contributed by atoms with Crippen molar-refractivity contribution >= 4 is 23.4 Å². The van der Waals surface area contributed by atoms with E-state index >= 15 is 0 Å². The van der Waals surface area contributed by atoms with Crippen LogP contribution in [0.3, 0.4) is 0 Å². The van der Waals surface area contributed by atoms with E-state index in [2.05, 4.69) is 10.9 Å². The average molecular weight is 341 g/mol. The fraction of sp³-hybridized carbons (Fsp3) is 0.278. The summed E-state index contributed by atoms with van der Waals surface area (Å²) in [6.45, 7) is 2.33. The third-order valence-electron chi connectivity index (χ3n) is 4.17. The first-order valence-corrected chi connectivity index (χ1v) is 8.11. The van der Waals surface area contributed by atoms with Crippen molar-refractivity contribution in [3.05, 3.63) is 54.0 Å². The molecule has 0 radical (unpaired) electrons. The summed E-state index contributed by atoms with van der Waals surface area (Å²) in [4.78, 5) is 37.8. The van der Waals surface area contributed by atoms with Crippen molar-refractivity contribution in [1.82, 2.24) is 10.9 Å². The molecule has 1 aliphatic rings. The van der Waals surface area contributed by atoms with Crippen LogP contribution in [0.15, 0.2) is 47.1 Å². The van der Waals surface area contributed by atoms with Crippen LogP contribution in [0.1, 0.15) is 29.5 Å². The van der Waals surface area contributed by atoms with Gasteiger partial charge in [0.1, 0.15) is 0 Å². The van der Waals surface area contributed by atoms with Crippen LogP contribution in [0, 0.1) is 5.92 Å². The van der Waals surface area contributed by atoms with E-state index in [-0.39, 0.29) is 24.6 Å². The molecular formula is C18H19N3O4. The number of nitrogens with one attached hydrogen (secondary N) is 2. The standard InChI is InChI=1S/C18H19N3O4/c1-2-12-5-3-6-14(9-12)21-11-13(10-16(21)22)17(23)19-20-18(24)15-7-4-8-25-15/h3-9,13H,2,10-11H2,1H3,(H,19,23)(H,20,24)/t13-/m0/s1. The Morgan fingerprint density at radius 2 is 2.08 bits per heavy atom. The summed E-state index contributed by atoms with van der Waals surface area (Å²) in [6, 6.07) is 10.8. The predicted octanol–water partition coefficient (Wildman–Crippen LogP) is 1.66. The van der Waals surface area contributed by atoms with E-state index in [1.165, 1.54) is 12.3 Å². The summed E-state index contributed by atoms with van der Waals surface area (Å²) in [6.07, 6.45) is 2.35. The minimum absolute atomic E-state index is 0.0980. The van der Waals surface area contributed by atoms with E-state index in [4.69, 9.17) is 4.42 Å². The third kappa shape index (κ3) is 3.71. The number of aryl methyl sites for hydroxylation is 1. The highest BCUT2D eigenvalue weighted by Gasteiger charge is 2.35. The molecule has 2 aromatic rings. The molecule has 1 aliphatic heterocycles. The lowest BCUT2D eigenvalue weighted by atomic mass is 10.1. The number of benzene rings is 1. The van der Waals surface area contributed by atoms with Crippen LogP contribution in [0.25, 0.3) is 0 Å². The zero-order chi connectivity index (χ0) is 17.8. The van der Waals surface area contributed by atoms with E-state index < -0.39 is 17.7 Å². The van der Waals surface area contributed by atoms with Crippen molar-refractivity contribution in [3.8, 4) is 0 Å². The Kier molecular flexibility index (Phi) is 4.83. The van der Waals surface area contributed by atoms with Crippen LogP contribution >= 0.6 is 0 Å². The van der Waals surface area contributed by atoms with Gasteiger partial charge >= 0.3 is 5.91 Å². The van der Waals surface area contributed by atoms with Crippen LogP contribution in [0.5, 0.6) is 0 Å². The topological polar surface area (TPSA) is 91.7 Å². The normalized spacial score (nSPS) is 16.8. The summed E-state index contributed by atoms with van der Waals surface area (Å²) in [5, 5.41) is 0. The lowest BCUT2D eigenvalue weighted by molar-refractivity contribution is -0.126. The van der Waals surface area contributed by atoms with Crippen LogP contribution in [0.4, 0.5) is 5.69 Å². The Morgan fingerprint density at radius 1 is 1.24 bits per heavy atom. The van der Waals surface area contributed by atoms with Gasteiger partial charge < -0.3 is 9.32 Å². The summed E-state index contributed by atoms with van der Waals surface area (Å²) >= 11 is 0. The summed E-state index contributed by atoms with van der Waals surface area (Å²) in [7, 11) is 0. The first-order chi connectivity index (χ1) is 12.1. The molecule has 0 aliphatic carbocycles. The number of anilines is 1. The molecule has 0 spiro atoms. The number of amides is 3. The van der Waals surface area contributed by atoms with Crippen molar-refractivity contribution in [3.63, 3.8) is 0 Å². The average Bonchev–Trinajstić information content (AvgIpc) is 3.29. The van der Waals surface area contributed by atoms with Crippen molar-refractivity contribution < 1.29 is 18.8 Å². The lowest BCUT2D eigenvalue weighted by Gasteiger charge is -2.17. The SMILES string of the molecule is CCc1cccc(N2C[C@@H](C(=O)NNC(=O)c3ccco3)CC2=O)c1. The Labute approximate surface area is 145 Å². The van der Waals surface area contributed by atoms with Gasteiger partial charge in [-0.05, 0) is 36.2 Å². The molecule has 25 heavy (non-hydrogen) atoms. The molecule has 2 heterocycles. The third-order valence-corrected chi connectivity index (χ3v) is 4.17. The Balaban J connectivity index is 1.59. The maximum absolute atomic E-state index is 12.3. The van der Waals surface area contributed by atoms with Gasteiger partial charge in [-0.2, -0.15) is 0 Å². The summed E-state index contributed by atoms with van der Waals surface area (Å²) in [5.74, 6) is -1.47. The van der Waals surface area contributed by atoms with Crippen molar-refractivity contribution in [2.45, 2.75) is 19.8 Å². The van der Waals surface area contributed by atoms with Gasteiger partial charge in [0.25, 0.3) is 0 Å². The second kappa shape index (κ2) is 7.21. The first kappa shape index (κ1) is 16.8. The van der Waals surface area contributed by atoms with Gasteiger partial charge in [-0.1, -0.05) is 19.1 Å². The van der Waals surface area contributed by atoms with E-state index in [0.717, 1.165) is 17.7 Å². The molecule has 0 bridgehead atoms. The number of furan rings is 1. The molecule has 1 atom stereocenters. The highest BCUT2D eigenvalue weighted by molar-refractivity contribution is 6.01. The van der Waals surface area contributed by atoms with E-state index in [9.17, 15) is 14.4 Å². The fourth-order valence-electron chi connectivity index (χ4n) is 2.77. The minimum Gasteiger partial charge on any atom is -0.459 e. The fourth-order valence-corrected chi connectivity index (χ4v) is 2.77. The molecule has 1 aromatic heterocycles. The van der Waals surface area contributed by atoms with Crippen LogP contribution in [-0.2, 0) is 16.0 Å². The van der Waals surface area contributed by atoms with Gasteiger partial charge in [0.05, 0.1) is 12.2 Å². The van der Waals surface area contributed by atoms with Crippen molar-refractivity contribution in [1.29, 1.82) is 0 Å². The highest BCUT2D eigenvalue weighted by Crippen LogP contribution is 2.26. The molecule has 1 saturated heterocycles. The van der Waals surface area contributed by atoms with Gasteiger partial charge in [0, 0.05) is 18.7 Å². The van der Waals surface area contributed by atoms with E-state index in [1.54, 1.807) is 11.0 Å². The van der Waals surface area contributed by atoms with Crippen LogP contribution < -0.4 is 15.8 Å². The van der Waals surface area contributed by atoms with Gasteiger partial charge in [-0.15, -0.1) is 0 Å². The zero-order valence-electron chi connectivity index (χ0n) is 13.8. The molecule has 3 rings (SSSR count). The Hall–Kier alpha value is -3.09.